The topological polar surface area (TPSA) is 46.5 Å². The number of hydrogen-bond donors (Lipinski definition) is 1. The van der Waals surface area contributed by atoms with Gasteiger partial charge < -0.3 is 9.84 Å². The first kappa shape index (κ1) is 21.3. The van der Waals surface area contributed by atoms with Crippen molar-refractivity contribution in [3.05, 3.63) is 71.8 Å². The Bertz CT molecular complexity index is 835. The van der Waals surface area contributed by atoms with Crippen molar-refractivity contribution in [2.45, 2.75) is 24.7 Å². The van der Waals surface area contributed by atoms with Crippen molar-refractivity contribution in [1.82, 2.24) is 0 Å². The predicted octanol–water partition coefficient (Wildman–Crippen LogP) is 5.28. The average molecular weight is 404 g/mol. The molecular weight excluding hydrogens is 390 g/mol. The first-order valence-corrected chi connectivity index (χ1v) is 7.81. The quantitative estimate of drug-likeness (QED) is 0.326. The zero-order chi connectivity index (χ0) is 21.2. The van der Waals surface area contributed by atoms with E-state index in [1.807, 2.05) is 0 Å². The van der Waals surface area contributed by atoms with Gasteiger partial charge in [0.1, 0.15) is 11.5 Å². The second-order valence-corrected chi connectivity index (χ2v) is 5.74. The van der Waals surface area contributed by atoms with Crippen LogP contribution in [0.25, 0.3) is 0 Å². The van der Waals surface area contributed by atoms with Crippen LogP contribution in [0, 0.1) is 0 Å². The van der Waals surface area contributed by atoms with Crippen molar-refractivity contribution in [2.75, 3.05) is 0 Å². The van der Waals surface area contributed by atoms with Crippen LogP contribution in [0.5, 0.6) is 11.5 Å². The number of allylic oxidation sites excluding steroid dienone is 1. The minimum Gasteiger partial charge on any atom is -0.508 e. The van der Waals surface area contributed by atoms with E-state index in [4.69, 9.17) is 4.74 Å². The number of carbonyl (C=O) groups is 1. The molecule has 3 nitrogen and oxygen atoms in total. The summed E-state index contributed by atoms with van der Waals surface area (Å²) < 4.78 is 88.1. The van der Waals surface area contributed by atoms with Gasteiger partial charge in [-0.05, 0) is 42.3 Å². The Morgan fingerprint density at radius 1 is 0.857 bits per heavy atom. The van der Waals surface area contributed by atoms with E-state index < -0.39 is 40.6 Å². The maximum Gasteiger partial charge on any atom is 0.411 e. The fourth-order valence-electron chi connectivity index (χ4n) is 2.75. The van der Waals surface area contributed by atoms with E-state index in [1.54, 1.807) is 0 Å². The van der Waals surface area contributed by atoms with E-state index >= 15 is 0 Å². The maximum atomic E-state index is 13.9. The van der Waals surface area contributed by atoms with Crippen LogP contribution in [0.1, 0.15) is 18.1 Å². The molecule has 0 aliphatic heterocycles. The third-order valence-corrected chi connectivity index (χ3v) is 3.96. The van der Waals surface area contributed by atoms with E-state index in [9.17, 15) is 36.2 Å². The number of phenols is 1. The average Bonchev–Trinajstić information content (AvgIpc) is 2.56. The molecule has 1 N–H and O–H groups in total. The van der Waals surface area contributed by atoms with Crippen LogP contribution in [0.3, 0.4) is 0 Å². The molecule has 0 bridgehead atoms. The van der Waals surface area contributed by atoms with Crippen molar-refractivity contribution in [3.8, 4) is 11.5 Å². The standard InChI is InChI=1S/C19H14F6O3/c1-2-3-16(27)28-15-10-6-13(7-11-15)17(18(20,21)22,19(23,24)25)12-4-8-14(26)9-5-12/h2-11,26H,1H3/b3-2+. The lowest BCUT2D eigenvalue weighted by molar-refractivity contribution is -0.288. The number of benzene rings is 2. The van der Waals surface area contributed by atoms with Crippen LogP contribution < -0.4 is 4.74 Å². The van der Waals surface area contributed by atoms with Gasteiger partial charge >= 0.3 is 18.3 Å². The summed E-state index contributed by atoms with van der Waals surface area (Å²) in [5.74, 6) is -1.52. The normalized spacial score (nSPS) is 13.0. The molecule has 2 aromatic carbocycles. The van der Waals surface area contributed by atoms with Crippen molar-refractivity contribution in [3.63, 3.8) is 0 Å². The molecule has 2 aromatic rings. The first-order valence-electron chi connectivity index (χ1n) is 7.81. The summed E-state index contributed by atoms with van der Waals surface area (Å²) in [6.07, 6.45) is -9.09. The van der Waals surface area contributed by atoms with E-state index in [0.29, 0.717) is 24.3 Å². The van der Waals surface area contributed by atoms with Crippen LogP contribution in [0.2, 0.25) is 0 Å². The highest BCUT2D eigenvalue weighted by atomic mass is 19.4. The molecule has 0 aliphatic rings. The summed E-state index contributed by atoms with van der Waals surface area (Å²) in [5.41, 5.74) is -6.55. The van der Waals surface area contributed by atoms with Crippen molar-refractivity contribution >= 4 is 5.97 Å². The highest BCUT2D eigenvalue weighted by Gasteiger charge is 2.72. The molecule has 0 aliphatic carbocycles. The van der Waals surface area contributed by atoms with Gasteiger partial charge in [-0.3, -0.25) is 0 Å². The second-order valence-electron chi connectivity index (χ2n) is 5.74. The Labute approximate surface area is 155 Å². The lowest BCUT2D eigenvalue weighted by atomic mass is 9.73. The Hall–Kier alpha value is -2.97. The number of halogens is 6. The zero-order valence-corrected chi connectivity index (χ0v) is 14.3. The van der Waals surface area contributed by atoms with E-state index in [2.05, 4.69) is 0 Å². The summed E-state index contributed by atoms with van der Waals surface area (Å²) in [5, 5.41) is 9.25. The molecular formula is C19H14F6O3. The molecule has 2 rings (SSSR count). The van der Waals surface area contributed by atoms with Gasteiger partial charge in [0.15, 0.2) is 0 Å². The van der Waals surface area contributed by atoms with Gasteiger partial charge in [-0.15, -0.1) is 0 Å². The molecule has 0 unspecified atom stereocenters. The fraction of sp³-hybridized carbons (Fsp3) is 0.211. The van der Waals surface area contributed by atoms with Gasteiger partial charge in [0.05, 0.1) is 0 Å². The van der Waals surface area contributed by atoms with E-state index in [1.165, 1.54) is 13.0 Å². The number of phenolic OH excluding ortho intramolecular Hbond substituents is 1. The number of aromatic hydroxyl groups is 1. The summed E-state index contributed by atoms with van der Waals surface area (Å²) in [6, 6.07) is 5.53. The molecule has 9 heteroatoms. The minimum absolute atomic E-state index is 0.212. The largest absolute Gasteiger partial charge is 0.508 e. The molecule has 0 spiro atoms. The maximum absolute atomic E-state index is 13.9. The SMILES string of the molecule is C/C=C/C(=O)Oc1ccc(C(c2ccc(O)cc2)(C(F)(F)F)C(F)(F)F)cc1. The number of hydrogen-bond acceptors (Lipinski definition) is 3. The molecule has 0 amide bonds. The monoisotopic (exact) mass is 404 g/mol. The van der Waals surface area contributed by atoms with Crippen LogP contribution in [-0.4, -0.2) is 23.4 Å². The van der Waals surface area contributed by atoms with Crippen LogP contribution >= 0.6 is 0 Å². The summed E-state index contributed by atoms with van der Waals surface area (Å²) in [7, 11) is 0. The highest BCUT2D eigenvalue weighted by molar-refractivity contribution is 5.83. The Morgan fingerprint density at radius 2 is 1.29 bits per heavy atom. The predicted molar refractivity (Wildman–Crippen MR) is 87.9 cm³/mol. The third-order valence-electron chi connectivity index (χ3n) is 3.96. The number of ether oxygens (including phenoxy) is 1. The number of esters is 1. The van der Waals surface area contributed by atoms with Crippen molar-refractivity contribution in [1.29, 1.82) is 0 Å². The number of carbonyl (C=O) groups excluding carboxylic acids is 1. The van der Waals surface area contributed by atoms with Gasteiger partial charge in [-0.1, -0.05) is 30.3 Å². The van der Waals surface area contributed by atoms with E-state index in [0.717, 1.165) is 30.3 Å². The minimum atomic E-state index is -5.74. The zero-order valence-electron chi connectivity index (χ0n) is 14.3. The lowest BCUT2D eigenvalue weighted by Gasteiger charge is -2.38. The molecule has 0 fully saturated rings. The number of alkyl halides is 6. The molecule has 150 valence electrons. The molecule has 0 saturated carbocycles. The van der Waals surface area contributed by atoms with Gasteiger partial charge in [-0.2, -0.15) is 26.3 Å². The molecule has 0 heterocycles. The van der Waals surface area contributed by atoms with Crippen LogP contribution in [0.15, 0.2) is 60.7 Å². The first-order chi connectivity index (χ1) is 12.9. The smallest absolute Gasteiger partial charge is 0.411 e. The highest BCUT2D eigenvalue weighted by Crippen LogP contribution is 2.56. The molecule has 0 saturated heterocycles. The third kappa shape index (κ3) is 3.83. The molecule has 0 radical (unpaired) electrons. The lowest BCUT2D eigenvalue weighted by Crippen LogP contribution is -2.54. The van der Waals surface area contributed by atoms with E-state index in [-0.39, 0.29) is 5.75 Å². The van der Waals surface area contributed by atoms with Crippen molar-refractivity contribution in [2.24, 2.45) is 0 Å². The summed E-state index contributed by atoms with van der Waals surface area (Å²) >= 11 is 0. The van der Waals surface area contributed by atoms with Gasteiger partial charge in [0, 0.05) is 6.08 Å². The summed E-state index contributed by atoms with van der Waals surface area (Å²) in [4.78, 5) is 11.4. The van der Waals surface area contributed by atoms with Gasteiger partial charge in [0.25, 0.3) is 0 Å². The summed E-state index contributed by atoms with van der Waals surface area (Å²) in [6.45, 7) is 1.53. The Balaban J connectivity index is 2.65. The Kier molecular flexibility index (Phi) is 5.77. The number of rotatable bonds is 4. The van der Waals surface area contributed by atoms with Crippen LogP contribution in [0.4, 0.5) is 26.3 Å². The molecule has 28 heavy (non-hydrogen) atoms. The second kappa shape index (κ2) is 7.57. The van der Waals surface area contributed by atoms with Gasteiger partial charge in [0.2, 0.25) is 5.41 Å². The fourth-order valence-corrected chi connectivity index (χ4v) is 2.75. The molecule has 0 atom stereocenters. The van der Waals surface area contributed by atoms with Crippen molar-refractivity contribution < 1.29 is 41.0 Å². The van der Waals surface area contributed by atoms with Gasteiger partial charge in [-0.25, -0.2) is 4.79 Å². The Morgan fingerprint density at radius 3 is 1.68 bits per heavy atom. The molecule has 0 aromatic heterocycles. The van der Waals surface area contributed by atoms with Crippen LogP contribution in [-0.2, 0) is 10.2 Å².